The summed E-state index contributed by atoms with van der Waals surface area (Å²) < 4.78 is 1.50. The van der Waals surface area contributed by atoms with E-state index < -0.39 is 5.91 Å². The minimum absolute atomic E-state index is 0.0714. The predicted octanol–water partition coefficient (Wildman–Crippen LogP) is 2.06. The number of fused-ring (bicyclic) bond motifs is 1. The average Bonchev–Trinajstić information content (AvgIpc) is 3.22. The SMILES string of the molecule is CC(CC(=O)NO)C(C)(C)CNC=O.Cc1cn(CC(=O)Nc2cccc3cccnc23)nn1. The van der Waals surface area contributed by atoms with E-state index in [2.05, 4.69) is 25.9 Å². The van der Waals surface area contributed by atoms with E-state index in [1.807, 2.05) is 58.0 Å². The maximum absolute atomic E-state index is 12.0. The van der Waals surface area contributed by atoms with Gasteiger partial charge in [-0.2, -0.15) is 0 Å². The molecule has 0 saturated carbocycles. The fourth-order valence-electron chi connectivity index (χ4n) is 3.09. The lowest BCUT2D eigenvalue weighted by Crippen LogP contribution is -2.36. The molecule has 0 saturated heterocycles. The Hall–Kier alpha value is -3.86. The van der Waals surface area contributed by atoms with Gasteiger partial charge >= 0.3 is 0 Å². The van der Waals surface area contributed by atoms with E-state index in [0.29, 0.717) is 18.6 Å². The summed E-state index contributed by atoms with van der Waals surface area (Å²) in [7, 11) is 0. The molecular formula is C23H31N7O4. The number of nitrogens with zero attached hydrogens (tertiary/aromatic N) is 4. The molecule has 11 heteroatoms. The van der Waals surface area contributed by atoms with E-state index in [-0.39, 0.29) is 30.2 Å². The maximum Gasteiger partial charge on any atom is 0.246 e. The molecule has 3 amide bonds. The summed E-state index contributed by atoms with van der Waals surface area (Å²) in [4.78, 5) is 37.3. The van der Waals surface area contributed by atoms with E-state index in [9.17, 15) is 14.4 Å². The molecule has 11 nitrogen and oxygen atoms in total. The zero-order valence-corrected chi connectivity index (χ0v) is 19.8. The number of carbonyl (C=O) groups is 3. The van der Waals surface area contributed by atoms with E-state index in [1.54, 1.807) is 17.9 Å². The van der Waals surface area contributed by atoms with Crippen molar-refractivity contribution in [2.24, 2.45) is 11.3 Å². The zero-order chi connectivity index (χ0) is 25.1. The molecular weight excluding hydrogens is 438 g/mol. The number of benzene rings is 1. The fourth-order valence-corrected chi connectivity index (χ4v) is 3.09. The van der Waals surface area contributed by atoms with Gasteiger partial charge in [0.2, 0.25) is 18.2 Å². The Morgan fingerprint density at radius 1 is 1.21 bits per heavy atom. The molecule has 4 N–H and O–H groups in total. The molecule has 0 radical (unpaired) electrons. The van der Waals surface area contributed by atoms with E-state index >= 15 is 0 Å². The van der Waals surface area contributed by atoms with Crippen molar-refractivity contribution in [2.45, 2.75) is 40.7 Å². The van der Waals surface area contributed by atoms with Crippen LogP contribution in [0.15, 0.2) is 42.7 Å². The van der Waals surface area contributed by atoms with Gasteiger partial charge in [0.1, 0.15) is 6.54 Å². The molecule has 3 aromatic rings. The Labute approximate surface area is 197 Å². The summed E-state index contributed by atoms with van der Waals surface area (Å²) in [6.07, 6.45) is 4.31. The van der Waals surface area contributed by atoms with Gasteiger partial charge in [0.25, 0.3) is 0 Å². The molecule has 34 heavy (non-hydrogen) atoms. The van der Waals surface area contributed by atoms with Crippen LogP contribution in [0.25, 0.3) is 10.9 Å². The van der Waals surface area contributed by atoms with Crippen molar-refractivity contribution in [2.75, 3.05) is 11.9 Å². The second-order valence-corrected chi connectivity index (χ2v) is 8.61. The molecule has 0 fully saturated rings. The highest BCUT2D eigenvalue weighted by atomic mass is 16.5. The van der Waals surface area contributed by atoms with Crippen molar-refractivity contribution in [3.05, 3.63) is 48.4 Å². The third kappa shape index (κ3) is 7.93. The van der Waals surface area contributed by atoms with Crippen molar-refractivity contribution < 1.29 is 19.6 Å². The lowest BCUT2D eigenvalue weighted by molar-refractivity contribution is -0.130. The minimum Gasteiger partial charge on any atom is -0.358 e. The summed E-state index contributed by atoms with van der Waals surface area (Å²) in [5.41, 5.74) is 3.68. The first kappa shape index (κ1) is 26.4. The maximum atomic E-state index is 12.0. The standard InChI is InChI=1S/C14H13N5O.C9H18N2O3/c1-10-8-19(18-17-10)9-13(20)16-12-6-2-4-11-5-3-7-15-14(11)12;1-7(4-8(13)11-14)9(2,3)5-10-6-12/h2-8H,9H2,1H3,(H,16,20);6-7,14H,4-5H2,1-3H3,(H,10,12)(H,11,13). The largest absolute Gasteiger partial charge is 0.358 e. The number of para-hydroxylation sites is 1. The molecule has 182 valence electrons. The van der Waals surface area contributed by atoms with Crippen LogP contribution in [0.1, 0.15) is 32.9 Å². The molecule has 0 bridgehead atoms. The van der Waals surface area contributed by atoms with Crippen molar-refractivity contribution in [3.8, 4) is 0 Å². The van der Waals surface area contributed by atoms with Crippen LogP contribution >= 0.6 is 0 Å². The third-order valence-electron chi connectivity index (χ3n) is 5.46. The van der Waals surface area contributed by atoms with Crippen LogP contribution in [-0.4, -0.2) is 50.0 Å². The molecule has 1 aromatic carbocycles. The molecule has 0 aliphatic rings. The molecule has 2 aromatic heterocycles. The Kier molecular flexibility index (Phi) is 9.62. The van der Waals surface area contributed by atoms with Crippen LogP contribution in [0.3, 0.4) is 0 Å². The quantitative estimate of drug-likeness (QED) is 0.213. The van der Waals surface area contributed by atoms with Gasteiger partial charge in [-0.1, -0.05) is 44.2 Å². The number of aromatic nitrogens is 4. The van der Waals surface area contributed by atoms with Crippen LogP contribution in [0.4, 0.5) is 5.69 Å². The van der Waals surface area contributed by atoms with Crippen LogP contribution in [-0.2, 0) is 20.9 Å². The van der Waals surface area contributed by atoms with Gasteiger partial charge in [0.15, 0.2) is 0 Å². The Morgan fingerprint density at radius 3 is 2.59 bits per heavy atom. The van der Waals surface area contributed by atoms with Crippen molar-refractivity contribution in [1.82, 2.24) is 30.8 Å². The number of pyridine rings is 1. The summed E-state index contributed by atoms with van der Waals surface area (Å²) in [6, 6.07) is 9.50. The lowest BCUT2D eigenvalue weighted by atomic mass is 9.78. The lowest BCUT2D eigenvalue weighted by Gasteiger charge is -2.30. The van der Waals surface area contributed by atoms with Crippen LogP contribution in [0.2, 0.25) is 0 Å². The number of rotatable bonds is 9. The van der Waals surface area contributed by atoms with E-state index in [0.717, 1.165) is 16.6 Å². The molecule has 2 heterocycles. The highest BCUT2D eigenvalue weighted by Crippen LogP contribution is 2.28. The van der Waals surface area contributed by atoms with E-state index in [1.165, 1.54) is 4.68 Å². The Morgan fingerprint density at radius 2 is 1.94 bits per heavy atom. The molecule has 3 rings (SSSR count). The first-order chi connectivity index (χ1) is 16.2. The summed E-state index contributed by atoms with van der Waals surface area (Å²) in [5, 5.41) is 22.5. The number of anilines is 1. The Bertz CT molecular complexity index is 1110. The highest BCUT2D eigenvalue weighted by molar-refractivity contribution is 6.00. The summed E-state index contributed by atoms with van der Waals surface area (Å²) in [5.74, 6) is -0.494. The van der Waals surface area contributed by atoms with Gasteiger partial charge in [-0.25, -0.2) is 10.2 Å². The summed E-state index contributed by atoms with van der Waals surface area (Å²) in [6.45, 7) is 8.29. The average molecular weight is 470 g/mol. The molecule has 1 unspecified atom stereocenters. The first-order valence-electron chi connectivity index (χ1n) is 10.8. The van der Waals surface area contributed by atoms with Gasteiger partial charge in [-0.15, -0.1) is 5.10 Å². The monoisotopic (exact) mass is 469 g/mol. The van der Waals surface area contributed by atoms with Gasteiger partial charge in [0, 0.05) is 30.7 Å². The Balaban J connectivity index is 0.000000259. The number of hydroxylamine groups is 1. The van der Waals surface area contributed by atoms with Crippen LogP contribution < -0.4 is 16.1 Å². The highest BCUT2D eigenvalue weighted by Gasteiger charge is 2.27. The fraction of sp³-hybridized carbons (Fsp3) is 0.391. The molecule has 1 atom stereocenters. The minimum atomic E-state index is -0.406. The first-order valence-corrected chi connectivity index (χ1v) is 10.8. The van der Waals surface area contributed by atoms with Gasteiger partial charge in [0.05, 0.1) is 16.9 Å². The van der Waals surface area contributed by atoms with E-state index in [4.69, 9.17) is 5.21 Å². The van der Waals surface area contributed by atoms with Crippen molar-refractivity contribution >= 4 is 34.8 Å². The third-order valence-corrected chi connectivity index (χ3v) is 5.46. The second kappa shape index (κ2) is 12.4. The number of amides is 3. The van der Waals surface area contributed by atoms with Crippen molar-refractivity contribution in [3.63, 3.8) is 0 Å². The van der Waals surface area contributed by atoms with Gasteiger partial charge in [-0.3, -0.25) is 24.6 Å². The molecule has 0 aliphatic heterocycles. The smallest absolute Gasteiger partial charge is 0.246 e. The number of carbonyl (C=O) groups excluding carboxylic acids is 3. The van der Waals surface area contributed by atoms with Gasteiger partial charge in [-0.05, 0) is 30.4 Å². The molecule has 0 aliphatic carbocycles. The number of nitrogens with one attached hydrogen (secondary N) is 3. The number of hydrogen-bond acceptors (Lipinski definition) is 7. The predicted molar refractivity (Wildman–Crippen MR) is 127 cm³/mol. The van der Waals surface area contributed by atoms with Crippen LogP contribution in [0.5, 0.6) is 0 Å². The second-order valence-electron chi connectivity index (χ2n) is 8.61. The normalized spacial score (nSPS) is 11.7. The van der Waals surface area contributed by atoms with Crippen molar-refractivity contribution in [1.29, 1.82) is 0 Å². The van der Waals surface area contributed by atoms with Gasteiger partial charge < -0.3 is 10.6 Å². The molecule has 0 spiro atoms. The van der Waals surface area contributed by atoms with Crippen LogP contribution in [0, 0.1) is 18.3 Å². The number of aryl methyl sites for hydroxylation is 1. The zero-order valence-electron chi connectivity index (χ0n) is 19.8. The number of hydrogen-bond donors (Lipinski definition) is 4. The topological polar surface area (TPSA) is 151 Å². The summed E-state index contributed by atoms with van der Waals surface area (Å²) >= 11 is 0.